The van der Waals surface area contributed by atoms with Gasteiger partial charge in [-0.3, -0.25) is 0 Å². The van der Waals surface area contributed by atoms with Crippen molar-refractivity contribution in [1.29, 1.82) is 0 Å². The zero-order chi connectivity index (χ0) is 26.4. The zero-order valence-corrected chi connectivity index (χ0v) is 21.9. The number of hydrogen-bond donors (Lipinski definition) is 0. The molecule has 0 heterocycles. The van der Waals surface area contributed by atoms with Crippen molar-refractivity contribution < 1.29 is 39.5 Å². The first-order valence-corrected chi connectivity index (χ1v) is 14.6. The molecule has 0 bridgehead atoms. The van der Waals surface area contributed by atoms with E-state index < -0.39 is 50.1 Å². The molecular formula is C19H35F8N3OP2. The van der Waals surface area contributed by atoms with Gasteiger partial charge in [-0.05, 0) is 0 Å². The zero-order valence-electron chi connectivity index (χ0n) is 20.1. The summed E-state index contributed by atoms with van der Waals surface area (Å²) in [6.07, 6.45) is -5.49. The van der Waals surface area contributed by atoms with Crippen LogP contribution in [0.25, 0.3) is 0 Å². The molecule has 0 fully saturated rings. The van der Waals surface area contributed by atoms with Crippen molar-refractivity contribution in [3.63, 3.8) is 0 Å². The Kier molecular flexibility index (Phi) is 11.6. The number of rotatable bonds is 13. The molecule has 0 unspecified atom stereocenters. The summed E-state index contributed by atoms with van der Waals surface area (Å²) in [5.41, 5.74) is -2.05. The van der Waals surface area contributed by atoms with E-state index in [0.29, 0.717) is 11.8 Å². The molecule has 0 spiro atoms. The van der Waals surface area contributed by atoms with Gasteiger partial charge < -0.3 is 0 Å². The van der Waals surface area contributed by atoms with Crippen molar-refractivity contribution in [2.24, 2.45) is 0 Å². The monoisotopic (exact) mass is 535 g/mol. The fraction of sp³-hybridized carbons (Fsp3) is 0.789. The third-order valence-corrected chi connectivity index (χ3v) is 12.8. The summed E-state index contributed by atoms with van der Waals surface area (Å²) in [6.45, 7) is 7.89. The second-order valence-corrected chi connectivity index (χ2v) is 13.1. The van der Waals surface area contributed by atoms with Gasteiger partial charge in [0.1, 0.15) is 0 Å². The van der Waals surface area contributed by atoms with Crippen molar-refractivity contribution in [3.8, 4) is 0 Å². The predicted molar refractivity (Wildman–Crippen MR) is 119 cm³/mol. The summed E-state index contributed by atoms with van der Waals surface area (Å²) in [7, 11) is -13.1. The first kappa shape index (κ1) is 32.3. The minimum atomic E-state index is -8.49. The van der Waals surface area contributed by atoms with Gasteiger partial charge in [0, 0.05) is 0 Å². The van der Waals surface area contributed by atoms with E-state index in [1.807, 2.05) is 0 Å². The SMILES string of the molecule is CCN(CC)/C(F)=C(/C(=C(\C)[O-])[P+](CP(F)(F)(F)F)(N(CC)CC)N(CC)CC)C(F)(F)F. The minimum absolute atomic E-state index is 0.192. The van der Waals surface area contributed by atoms with Gasteiger partial charge in [-0.15, -0.1) is 0 Å². The normalized spacial score (nSPS) is 16.5. The second-order valence-electron chi connectivity index (χ2n) is 7.25. The van der Waals surface area contributed by atoms with Crippen LogP contribution < -0.4 is 5.11 Å². The Hall–Kier alpha value is -0.700. The maximum absolute atomic E-state index is 15.4. The Morgan fingerprint density at radius 1 is 0.788 bits per heavy atom. The molecule has 0 rings (SSSR count). The van der Waals surface area contributed by atoms with Crippen LogP contribution in [0, 0.1) is 0 Å². The van der Waals surface area contributed by atoms with Crippen LogP contribution in [0.4, 0.5) is 34.3 Å². The molecule has 0 saturated heterocycles. The standard InChI is InChI=1S/C19H35F8N3OP2/c1-8-28(9-2)18(20)16(19(21,22)23)17(15(7)31)32(29(10-3)11-4,30(12-5)13-6)14-33(24,25,26)27/h8-14H2,1-7H3/b17-15-,18-16-. The second kappa shape index (κ2) is 11.8. The van der Waals surface area contributed by atoms with Crippen LogP contribution in [0.3, 0.4) is 0 Å². The average molecular weight is 535 g/mol. The average Bonchev–Trinajstić information content (AvgIpc) is 2.65. The summed E-state index contributed by atoms with van der Waals surface area (Å²) in [5.74, 6) is -5.42. The van der Waals surface area contributed by atoms with Gasteiger partial charge in [0.2, 0.25) is 0 Å². The summed E-state index contributed by atoms with van der Waals surface area (Å²) in [6, 6.07) is 0. The Morgan fingerprint density at radius 2 is 1.15 bits per heavy atom. The first-order chi connectivity index (χ1) is 14.9. The maximum atomic E-state index is 15.4. The number of alkyl halides is 3. The van der Waals surface area contributed by atoms with Gasteiger partial charge in [0.05, 0.1) is 0 Å². The van der Waals surface area contributed by atoms with E-state index >= 15 is 4.39 Å². The summed E-state index contributed by atoms with van der Waals surface area (Å²) in [5, 5.41) is 11.5. The van der Waals surface area contributed by atoms with E-state index in [9.17, 15) is 35.1 Å². The van der Waals surface area contributed by atoms with Crippen LogP contribution >= 0.6 is 15.4 Å². The molecule has 198 valence electrons. The summed E-state index contributed by atoms with van der Waals surface area (Å²) in [4.78, 5) is 0.681. The number of allylic oxidation sites excluding steroid dienone is 3. The Morgan fingerprint density at radius 3 is 1.36 bits per heavy atom. The molecule has 14 heteroatoms. The molecule has 0 aliphatic carbocycles. The molecule has 0 N–H and O–H groups in total. The van der Waals surface area contributed by atoms with E-state index in [1.165, 1.54) is 41.5 Å². The molecule has 0 aliphatic rings. The fourth-order valence-electron chi connectivity index (χ4n) is 4.01. The molecule has 0 aromatic carbocycles. The van der Waals surface area contributed by atoms with Crippen molar-refractivity contribution in [1.82, 2.24) is 14.2 Å². The van der Waals surface area contributed by atoms with Gasteiger partial charge in [-0.1, -0.05) is 0 Å². The molecular weight excluding hydrogens is 500 g/mol. The molecule has 0 radical (unpaired) electrons. The van der Waals surface area contributed by atoms with E-state index in [2.05, 4.69) is 0 Å². The number of halogens is 8. The number of nitrogens with zero attached hydrogens (tertiary/aromatic N) is 3. The molecule has 0 amide bonds. The van der Waals surface area contributed by atoms with Gasteiger partial charge >= 0.3 is 192 Å². The van der Waals surface area contributed by atoms with Crippen LogP contribution in [-0.2, 0) is 0 Å². The van der Waals surface area contributed by atoms with E-state index in [-0.39, 0.29) is 39.3 Å². The third-order valence-electron chi connectivity index (χ3n) is 5.27. The fourth-order valence-corrected chi connectivity index (χ4v) is 12.3. The Labute approximate surface area is 192 Å². The molecule has 0 saturated carbocycles. The van der Waals surface area contributed by atoms with Gasteiger partial charge in [0.15, 0.2) is 0 Å². The summed E-state index contributed by atoms with van der Waals surface area (Å²) < 4.78 is 117. The van der Waals surface area contributed by atoms with Gasteiger partial charge in [-0.25, -0.2) is 0 Å². The molecule has 33 heavy (non-hydrogen) atoms. The molecule has 0 aromatic rings. The predicted octanol–water partition coefficient (Wildman–Crippen LogP) is 7.24. The van der Waals surface area contributed by atoms with Gasteiger partial charge in [0.25, 0.3) is 0 Å². The van der Waals surface area contributed by atoms with Crippen LogP contribution in [0.15, 0.2) is 22.6 Å². The van der Waals surface area contributed by atoms with Crippen molar-refractivity contribution in [2.45, 2.75) is 54.6 Å². The van der Waals surface area contributed by atoms with Gasteiger partial charge in [-0.2, -0.15) is 0 Å². The number of hydrogen-bond acceptors (Lipinski definition) is 4. The van der Waals surface area contributed by atoms with Crippen molar-refractivity contribution >= 4 is 15.4 Å². The van der Waals surface area contributed by atoms with Crippen LogP contribution in [0.1, 0.15) is 48.5 Å². The van der Waals surface area contributed by atoms with Crippen LogP contribution in [0.2, 0.25) is 0 Å². The first-order valence-electron chi connectivity index (χ1n) is 10.8. The Bertz CT molecular complexity index is 685. The van der Waals surface area contributed by atoms with E-state index in [0.717, 1.165) is 9.34 Å². The van der Waals surface area contributed by atoms with Crippen LogP contribution in [0.5, 0.6) is 0 Å². The quantitative estimate of drug-likeness (QED) is 0.0819. The topological polar surface area (TPSA) is 32.8 Å². The molecule has 0 aliphatic heterocycles. The molecule has 0 atom stereocenters. The summed E-state index contributed by atoms with van der Waals surface area (Å²) >= 11 is 0. The van der Waals surface area contributed by atoms with Crippen LogP contribution in [-0.4, -0.2) is 65.6 Å². The molecule has 0 aromatic heterocycles. The van der Waals surface area contributed by atoms with E-state index in [1.54, 1.807) is 0 Å². The van der Waals surface area contributed by atoms with E-state index in [4.69, 9.17) is 0 Å². The van der Waals surface area contributed by atoms with Crippen molar-refractivity contribution in [3.05, 3.63) is 22.6 Å². The third kappa shape index (κ3) is 7.91. The Balaban J connectivity index is 8.00. The van der Waals surface area contributed by atoms with Crippen molar-refractivity contribution in [2.75, 3.05) is 45.2 Å². The molecule has 4 nitrogen and oxygen atoms in total.